The Kier molecular flexibility index (Phi) is 5.46. The number of ether oxygens (including phenoxy) is 1. The number of amides is 2. The lowest BCUT2D eigenvalue weighted by molar-refractivity contribution is -0.121. The van der Waals surface area contributed by atoms with E-state index in [1.807, 2.05) is 0 Å². The third-order valence-electron chi connectivity index (χ3n) is 3.61. The summed E-state index contributed by atoms with van der Waals surface area (Å²) in [6.45, 7) is 2.52. The lowest BCUT2D eigenvalue weighted by Gasteiger charge is -2.31. The summed E-state index contributed by atoms with van der Waals surface area (Å²) < 4.78 is 44.5. The summed E-state index contributed by atoms with van der Waals surface area (Å²) in [7, 11) is 0. The van der Waals surface area contributed by atoms with E-state index in [4.69, 9.17) is 4.74 Å². The largest absolute Gasteiger partial charge is 0.450 e. The first kappa shape index (κ1) is 17.1. The molecule has 0 aromatic heterocycles. The van der Waals surface area contributed by atoms with E-state index in [2.05, 4.69) is 5.32 Å². The van der Waals surface area contributed by atoms with E-state index in [1.165, 1.54) is 4.90 Å². The molecule has 0 aliphatic carbocycles. The van der Waals surface area contributed by atoms with Crippen LogP contribution >= 0.6 is 0 Å². The van der Waals surface area contributed by atoms with E-state index in [0.717, 1.165) is 12.1 Å². The van der Waals surface area contributed by atoms with Crippen molar-refractivity contribution in [1.29, 1.82) is 0 Å². The highest BCUT2D eigenvalue weighted by Gasteiger charge is 2.29. The highest BCUT2D eigenvalue weighted by molar-refractivity contribution is 5.93. The van der Waals surface area contributed by atoms with Crippen molar-refractivity contribution in [2.75, 3.05) is 25.0 Å². The summed E-state index contributed by atoms with van der Waals surface area (Å²) >= 11 is 0. The van der Waals surface area contributed by atoms with Gasteiger partial charge in [-0.2, -0.15) is 0 Å². The molecular weight excluding hydrogens is 313 g/mol. The maximum atomic E-state index is 13.6. The summed E-state index contributed by atoms with van der Waals surface area (Å²) in [4.78, 5) is 25.3. The predicted molar refractivity (Wildman–Crippen MR) is 76.3 cm³/mol. The average Bonchev–Trinajstić information content (AvgIpc) is 2.55. The van der Waals surface area contributed by atoms with Crippen molar-refractivity contribution in [1.82, 2.24) is 4.90 Å². The van der Waals surface area contributed by atoms with Crippen LogP contribution in [0, 0.1) is 23.4 Å². The normalized spacial score (nSPS) is 17.7. The third-order valence-corrected chi connectivity index (χ3v) is 3.61. The van der Waals surface area contributed by atoms with Crippen LogP contribution in [-0.2, 0) is 9.53 Å². The van der Waals surface area contributed by atoms with Crippen molar-refractivity contribution in [3.05, 3.63) is 29.6 Å². The Morgan fingerprint density at radius 2 is 2.04 bits per heavy atom. The minimum Gasteiger partial charge on any atom is -0.450 e. The number of carbonyl (C=O) groups excluding carboxylic acids is 2. The molecule has 23 heavy (non-hydrogen) atoms. The van der Waals surface area contributed by atoms with Gasteiger partial charge >= 0.3 is 6.09 Å². The van der Waals surface area contributed by atoms with Crippen molar-refractivity contribution in [3.8, 4) is 0 Å². The molecule has 1 aliphatic rings. The van der Waals surface area contributed by atoms with Crippen LogP contribution in [-0.4, -0.2) is 36.6 Å². The predicted octanol–water partition coefficient (Wildman–Crippen LogP) is 2.91. The SMILES string of the molecule is CCOC(=O)N1CCCC(C(=O)Nc2ccc(F)c(F)c2F)C1. The molecule has 1 atom stereocenters. The van der Waals surface area contributed by atoms with Crippen LogP contribution in [0.4, 0.5) is 23.7 Å². The van der Waals surface area contributed by atoms with Crippen LogP contribution in [0.15, 0.2) is 12.1 Å². The molecule has 1 N–H and O–H groups in total. The van der Waals surface area contributed by atoms with E-state index in [-0.39, 0.29) is 13.2 Å². The number of benzene rings is 1. The molecule has 1 aromatic carbocycles. The second-order valence-corrected chi connectivity index (χ2v) is 5.20. The van der Waals surface area contributed by atoms with Crippen molar-refractivity contribution >= 4 is 17.7 Å². The van der Waals surface area contributed by atoms with E-state index >= 15 is 0 Å². The minimum atomic E-state index is -1.64. The minimum absolute atomic E-state index is 0.135. The van der Waals surface area contributed by atoms with E-state index in [9.17, 15) is 22.8 Å². The number of hydrogen-bond donors (Lipinski definition) is 1. The van der Waals surface area contributed by atoms with Gasteiger partial charge in [0.1, 0.15) is 0 Å². The number of piperidine rings is 1. The van der Waals surface area contributed by atoms with Crippen molar-refractivity contribution in [2.45, 2.75) is 19.8 Å². The molecule has 5 nitrogen and oxygen atoms in total. The van der Waals surface area contributed by atoms with E-state index in [1.54, 1.807) is 6.92 Å². The molecule has 1 aliphatic heterocycles. The number of halogens is 3. The molecular formula is C15H17F3N2O3. The summed E-state index contributed by atoms with van der Waals surface area (Å²) in [6.07, 6.45) is 0.591. The fourth-order valence-corrected chi connectivity index (χ4v) is 2.43. The highest BCUT2D eigenvalue weighted by Crippen LogP contribution is 2.23. The zero-order valence-electron chi connectivity index (χ0n) is 12.6. The maximum absolute atomic E-state index is 13.6. The average molecular weight is 330 g/mol. The Hall–Kier alpha value is -2.25. The maximum Gasteiger partial charge on any atom is 0.409 e. The molecule has 0 radical (unpaired) electrons. The van der Waals surface area contributed by atoms with Gasteiger partial charge in [0.2, 0.25) is 5.91 Å². The summed E-state index contributed by atoms with van der Waals surface area (Å²) in [5.74, 6) is -5.53. The molecule has 1 saturated heterocycles. The number of hydrogen-bond acceptors (Lipinski definition) is 3. The fraction of sp³-hybridized carbons (Fsp3) is 0.467. The standard InChI is InChI=1S/C15H17F3N2O3/c1-2-23-15(22)20-7-3-4-9(8-20)14(21)19-11-6-5-10(16)12(17)13(11)18/h5-6,9H,2-4,7-8H2,1H3,(H,19,21). The van der Waals surface area contributed by atoms with E-state index in [0.29, 0.717) is 19.4 Å². The topological polar surface area (TPSA) is 58.6 Å². The van der Waals surface area contributed by atoms with Crippen molar-refractivity contribution < 1.29 is 27.5 Å². The van der Waals surface area contributed by atoms with Gasteiger partial charge in [-0.05, 0) is 31.9 Å². The van der Waals surface area contributed by atoms with Crippen LogP contribution in [0.1, 0.15) is 19.8 Å². The van der Waals surface area contributed by atoms with Crippen LogP contribution < -0.4 is 5.32 Å². The van der Waals surface area contributed by atoms with Crippen LogP contribution in [0.2, 0.25) is 0 Å². The van der Waals surface area contributed by atoms with Gasteiger partial charge in [0.25, 0.3) is 0 Å². The lowest BCUT2D eigenvalue weighted by Crippen LogP contribution is -2.44. The number of carbonyl (C=O) groups is 2. The highest BCUT2D eigenvalue weighted by atomic mass is 19.2. The Labute approximate surface area is 131 Å². The Balaban J connectivity index is 2.03. The first-order valence-electron chi connectivity index (χ1n) is 7.30. The van der Waals surface area contributed by atoms with Crippen molar-refractivity contribution in [3.63, 3.8) is 0 Å². The first-order valence-corrected chi connectivity index (χ1v) is 7.30. The molecule has 0 spiro atoms. The van der Waals surface area contributed by atoms with E-state index < -0.39 is 41.1 Å². The zero-order chi connectivity index (χ0) is 17.0. The smallest absolute Gasteiger partial charge is 0.409 e. The lowest BCUT2D eigenvalue weighted by atomic mass is 9.97. The van der Waals surface area contributed by atoms with Gasteiger partial charge in [-0.1, -0.05) is 0 Å². The summed E-state index contributed by atoms with van der Waals surface area (Å²) in [5, 5.41) is 2.24. The Morgan fingerprint density at radius 1 is 1.30 bits per heavy atom. The molecule has 126 valence electrons. The first-order chi connectivity index (χ1) is 10.9. The number of likely N-dealkylation sites (tertiary alicyclic amines) is 1. The van der Waals surface area contributed by atoms with Gasteiger partial charge in [-0.15, -0.1) is 0 Å². The molecule has 0 bridgehead atoms. The van der Waals surface area contributed by atoms with Crippen LogP contribution in [0.25, 0.3) is 0 Å². The number of nitrogens with zero attached hydrogens (tertiary/aromatic N) is 1. The van der Waals surface area contributed by atoms with Crippen LogP contribution in [0.5, 0.6) is 0 Å². The molecule has 1 aromatic rings. The number of rotatable bonds is 3. The molecule has 2 rings (SSSR count). The third kappa shape index (κ3) is 3.94. The Bertz CT molecular complexity index is 610. The molecule has 0 saturated carbocycles. The molecule has 1 unspecified atom stereocenters. The zero-order valence-corrected chi connectivity index (χ0v) is 12.6. The van der Waals surface area contributed by atoms with Gasteiger partial charge in [-0.3, -0.25) is 4.79 Å². The number of nitrogens with one attached hydrogen (secondary N) is 1. The van der Waals surface area contributed by atoms with Gasteiger partial charge in [0, 0.05) is 13.1 Å². The van der Waals surface area contributed by atoms with Crippen LogP contribution in [0.3, 0.4) is 0 Å². The molecule has 8 heteroatoms. The monoisotopic (exact) mass is 330 g/mol. The summed E-state index contributed by atoms with van der Waals surface area (Å²) in [6, 6.07) is 1.69. The van der Waals surface area contributed by atoms with Gasteiger partial charge in [-0.25, -0.2) is 18.0 Å². The molecule has 1 heterocycles. The summed E-state index contributed by atoms with van der Waals surface area (Å²) in [5.41, 5.74) is -0.429. The molecule has 2 amide bonds. The quantitative estimate of drug-likeness (QED) is 0.867. The second-order valence-electron chi connectivity index (χ2n) is 5.20. The van der Waals surface area contributed by atoms with Gasteiger partial charge in [0.15, 0.2) is 17.5 Å². The Morgan fingerprint density at radius 3 is 2.74 bits per heavy atom. The van der Waals surface area contributed by atoms with Gasteiger partial charge < -0.3 is 15.0 Å². The second kappa shape index (κ2) is 7.34. The fourth-order valence-electron chi connectivity index (χ4n) is 2.43. The van der Waals surface area contributed by atoms with Crippen molar-refractivity contribution in [2.24, 2.45) is 5.92 Å². The number of anilines is 1. The van der Waals surface area contributed by atoms with Gasteiger partial charge in [0.05, 0.1) is 18.2 Å². The molecule has 1 fully saturated rings.